The Kier molecular flexibility index (Phi) is 3.88. The van der Waals surface area contributed by atoms with Crippen molar-refractivity contribution in [2.75, 3.05) is 23.7 Å². The second-order valence-corrected chi connectivity index (χ2v) is 6.12. The fourth-order valence-electron chi connectivity index (χ4n) is 2.91. The smallest absolute Gasteiger partial charge is 0.266 e. The molecule has 0 aliphatic carbocycles. The van der Waals surface area contributed by atoms with Gasteiger partial charge in [0.15, 0.2) is 0 Å². The second-order valence-electron chi connectivity index (χ2n) is 6.12. The molecule has 2 heterocycles. The molecule has 116 valence electrons. The minimum atomic E-state index is -0.115. The lowest BCUT2D eigenvalue weighted by atomic mass is 9.98. The molecule has 1 aromatic carbocycles. The summed E-state index contributed by atoms with van der Waals surface area (Å²) in [5.74, 6) is 0.798. The van der Waals surface area contributed by atoms with E-state index in [0.29, 0.717) is 0 Å². The van der Waals surface area contributed by atoms with E-state index in [1.54, 1.807) is 13.1 Å². The third-order valence-corrected chi connectivity index (χ3v) is 4.41. The number of aryl methyl sites for hydroxylation is 1. The normalized spacial score (nSPS) is 16.0. The average Bonchev–Trinajstić information content (AvgIpc) is 2.51. The molecule has 0 atom stereocenters. The van der Waals surface area contributed by atoms with E-state index in [4.69, 9.17) is 5.73 Å². The highest BCUT2D eigenvalue weighted by atomic mass is 16.1. The number of hydrogen-bond acceptors (Lipinski definition) is 4. The first-order chi connectivity index (χ1) is 10.5. The summed E-state index contributed by atoms with van der Waals surface area (Å²) in [5.41, 5.74) is 9.69. The van der Waals surface area contributed by atoms with Gasteiger partial charge >= 0.3 is 0 Å². The first-order valence-corrected chi connectivity index (χ1v) is 7.74. The van der Waals surface area contributed by atoms with Crippen LogP contribution >= 0.6 is 0 Å². The van der Waals surface area contributed by atoms with Gasteiger partial charge in [0.1, 0.15) is 0 Å². The molecule has 2 aromatic rings. The molecule has 0 saturated carbocycles. The fourth-order valence-corrected chi connectivity index (χ4v) is 2.91. The van der Waals surface area contributed by atoms with Gasteiger partial charge in [-0.3, -0.25) is 4.79 Å². The van der Waals surface area contributed by atoms with E-state index < -0.39 is 0 Å². The summed E-state index contributed by atoms with van der Waals surface area (Å²) in [6.45, 7) is 4.42. The Morgan fingerprint density at radius 1 is 1.18 bits per heavy atom. The van der Waals surface area contributed by atoms with Gasteiger partial charge in [-0.25, -0.2) is 4.68 Å². The topological polar surface area (TPSA) is 64.2 Å². The number of nitrogens with two attached hydrogens (primary N) is 1. The molecule has 5 heteroatoms. The van der Waals surface area contributed by atoms with Crippen molar-refractivity contribution >= 4 is 11.4 Å². The van der Waals surface area contributed by atoms with Crippen molar-refractivity contribution in [3.63, 3.8) is 0 Å². The molecule has 0 bridgehead atoms. The lowest BCUT2D eigenvalue weighted by molar-refractivity contribution is 0.439. The van der Waals surface area contributed by atoms with Crippen LogP contribution in [0.25, 0.3) is 11.3 Å². The Labute approximate surface area is 130 Å². The fraction of sp³-hybridized carbons (Fsp3) is 0.412. The van der Waals surface area contributed by atoms with Crippen LogP contribution in [-0.4, -0.2) is 22.9 Å². The molecule has 1 aromatic heterocycles. The largest absolute Gasteiger partial charge is 0.397 e. The highest BCUT2D eigenvalue weighted by Gasteiger charge is 2.18. The molecule has 0 unspecified atom stereocenters. The van der Waals surface area contributed by atoms with Gasteiger partial charge in [0.05, 0.1) is 17.1 Å². The van der Waals surface area contributed by atoms with Gasteiger partial charge in [0, 0.05) is 31.8 Å². The maximum Gasteiger partial charge on any atom is 0.266 e. The number of hydrogen-bond donors (Lipinski definition) is 1. The van der Waals surface area contributed by atoms with E-state index >= 15 is 0 Å². The Morgan fingerprint density at radius 2 is 1.91 bits per heavy atom. The molecule has 3 rings (SSSR count). The minimum absolute atomic E-state index is 0.115. The lowest BCUT2D eigenvalue weighted by Crippen LogP contribution is -2.33. The maximum absolute atomic E-state index is 11.4. The third-order valence-electron chi connectivity index (χ3n) is 4.41. The standard InChI is InChI=1S/C17H22N4O/c1-12-7-9-21(10-8-12)16-5-3-13(11-14(16)18)15-4-6-17(22)20(2)19-15/h3-6,11-12H,7-10,18H2,1-2H3. The molecule has 0 radical (unpaired) electrons. The minimum Gasteiger partial charge on any atom is -0.397 e. The predicted molar refractivity (Wildman–Crippen MR) is 89.9 cm³/mol. The van der Waals surface area contributed by atoms with Crippen molar-refractivity contribution in [1.82, 2.24) is 9.78 Å². The van der Waals surface area contributed by atoms with Crippen LogP contribution in [0.15, 0.2) is 35.1 Å². The summed E-state index contributed by atoms with van der Waals surface area (Å²) >= 11 is 0. The van der Waals surface area contributed by atoms with E-state index in [2.05, 4.69) is 23.0 Å². The Morgan fingerprint density at radius 3 is 2.55 bits per heavy atom. The van der Waals surface area contributed by atoms with Crippen LogP contribution in [0.4, 0.5) is 11.4 Å². The summed E-state index contributed by atoms with van der Waals surface area (Å²) in [7, 11) is 1.65. The molecular formula is C17H22N4O. The second kappa shape index (κ2) is 5.83. The number of nitrogens with zero attached hydrogens (tertiary/aromatic N) is 3. The quantitative estimate of drug-likeness (QED) is 0.864. The van der Waals surface area contributed by atoms with Crippen LogP contribution in [0.5, 0.6) is 0 Å². The van der Waals surface area contributed by atoms with E-state index in [-0.39, 0.29) is 5.56 Å². The maximum atomic E-state index is 11.4. The molecule has 2 N–H and O–H groups in total. The summed E-state index contributed by atoms with van der Waals surface area (Å²) in [4.78, 5) is 13.8. The highest BCUT2D eigenvalue weighted by Crippen LogP contribution is 2.31. The SMILES string of the molecule is CC1CCN(c2ccc(-c3ccc(=O)n(C)n3)cc2N)CC1. The van der Waals surface area contributed by atoms with Crippen molar-refractivity contribution in [2.24, 2.45) is 13.0 Å². The van der Waals surface area contributed by atoms with Gasteiger partial charge < -0.3 is 10.6 Å². The van der Waals surface area contributed by atoms with Gasteiger partial charge in [0.2, 0.25) is 0 Å². The van der Waals surface area contributed by atoms with Crippen LogP contribution in [0.3, 0.4) is 0 Å². The number of benzene rings is 1. The van der Waals surface area contributed by atoms with Crippen LogP contribution < -0.4 is 16.2 Å². The van der Waals surface area contributed by atoms with E-state index in [0.717, 1.165) is 41.6 Å². The first-order valence-electron chi connectivity index (χ1n) is 7.74. The Hall–Kier alpha value is -2.30. The number of rotatable bonds is 2. The van der Waals surface area contributed by atoms with Gasteiger partial charge in [-0.2, -0.15) is 5.10 Å². The van der Waals surface area contributed by atoms with Crippen molar-refractivity contribution in [3.8, 4) is 11.3 Å². The molecule has 1 aliphatic rings. The number of piperidine rings is 1. The molecule has 1 saturated heterocycles. The van der Waals surface area contributed by atoms with Crippen LogP contribution in [0.1, 0.15) is 19.8 Å². The van der Waals surface area contributed by atoms with Gasteiger partial charge in [-0.1, -0.05) is 13.0 Å². The summed E-state index contributed by atoms with van der Waals surface area (Å²) in [5, 5.41) is 4.27. The number of anilines is 2. The van der Waals surface area contributed by atoms with Crippen LogP contribution in [0.2, 0.25) is 0 Å². The highest BCUT2D eigenvalue weighted by molar-refractivity contribution is 5.75. The van der Waals surface area contributed by atoms with E-state index in [1.165, 1.54) is 23.6 Å². The number of nitrogen functional groups attached to an aromatic ring is 1. The van der Waals surface area contributed by atoms with Gasteiger partial charge in [-0.05, 0) is 37.0 Å². The number of aromatic nitrogens is 2. The van der Waals surface area contributed by atoms with Crippen molar-refractivity contribution in [3.05, 3.63) is 40.7 Å². The molecular weight excluding hydrogens is 276 g/mol. The Balaban J connectivity index is 1.88. The van der Waals surface area contributed by atoms with Crippen molar-refractivity contribution in [2.45, 2.75) is 19.8 Å². The van der Waals surface area contributed by atoms with Gasteiger partial charge in [-0.15, -0.1) is 0 Å². The molecule has 1 aliphatic heterocycles. The van der Waals surface area contributed by atoms with E-state index in [9.17, 15) is 4.79 Å². The van der Waals surface area contributed by atoms with Crippen LogP contribution in [0, 0.1) is 5.92 Å². The molecule has 22 heavy (non-hydrogen) atoms. The van der Waals surface area contributed by atoms with Crippen molar-refractivity contribution < 1.29 is 0 Å². The summed E-state index contributed by atoms with van der Waals surface area (Å²) in [6.07, 6.45) is 2.42. The molecule has 5 nitrogen and oxygen atoms in total. The molecule has 0 amide bonds. The molecule has 1 fully saturated rings. The third kappa shape index (κ3) is 2.84. The zero-order valence-corrected chi connectivity index (χ0v) is 13.1. The van der Waals surface area contributed by atoms with Crippen LogP contribution in [-0.2, 0) is 7.05 Å². The zero-order chi connectivity index (χ0) is 15.7. The summed E-state index contributed by atoms with van der Waals surface area (Å²) < 4.78 is 1.34. The van der Waals surface area contributed by atoms with Crippen molar-refractivity contribution in [1.29, 1.82) is 0 Å². The Bertz CT molecular complexity index is 730. The molecule has 0 spiro atoms. The lowest BCUT2D eigenvalue weighted by Gasteiger charge is -2.33. The van der Waals surface area contributed by atoms with E-state index in [1.807, 2.05) is 12.1 Å². The summed E-state index contributed by atoms with van der Waals surface area (Å²) in [6, 6.07) is 9.29. The first kappa shape index (κ1) is 14.6. The zero-order valence-electron chi connectivity index (χ0n) is 13.1. The van der Waals surface area contributed by atoms with Gasteiger partial charge in [0.25, 0.3) is 5.56 Å². The monoisotopic (exact) mass is 298 g/mol. The average molecular weight is 298 g/mol. The predicted octanol–water partition coefficient (Wildman–Crippen LogP) is 2.27.